The second-order valence-corrected chi connectivity index (χ2v) is 7.37. The highest BCUT2D eigenvalue weighted by Crippen LogP contribution is 2.27. The molecule has 0 bridgehead atoms. The van der Waals surface area contributed by atoms with Crippen LogP contribution in [0.4, 0.5) is 5.69 Å². The molecule has 0 aliphatic carbocycles. The quantitative estimate of drug-likeness (QED) is 0.856. The van der Waals surface area contributed by atoms with Gasteiger partial charge in [0.05, 0.1) is 12.3 Å². The van der Waals surface area contributed by atoms with Crippen LogP contribution in [0.3, 0.4) is 0 Å². The van der Waals surface area contributed by atoms with E-state index in [4.69, 9.17) is 0 Å². The SMILES string of the molecule is CC(C)[C@H](C)C(=O)NCC(=O)SCC(=O)N1CCc2ccccc21. The predicted octanol–water partition coefficient (Wildman–Crippen LogP) is 2.24. The van der Waals surface area contributed by atoms with Crippen LogP contribution < -0.4 is 10.2 Å². The number of hydrogen-bond acceptors (Lipinski definition) is 4. The number of amides is 2. The van der Waals surface area contributed by atoms with E-state index in [1.807, 2.05) is 45.0 Å². The predicted molar refractivity (Wildman–Crippen MR) is 97.0 cm³/mol. The molecule has 6 heteroatoms. The van der Waals surface area contributed by atoms with Crippen molar-refractivity contribution in [3.63, 3.8) is 0 Å². The smallest absolute Gasteiger partial charge is 0.237 e. The van der Waals surface area contributed by atoms with Gasteiger partial charge in [0.25, 0.3) is 0 Å². The summed E-state index contributed by atoms with van der Waals surface area (Å²) in [4.78, 5) is 37.8. The van der Waals surface area contributed by atoms with E-state index in [2.05, 4.69) is 5.32 Å². The van der Waals surface area contributed by atoms with E-state index in [1.165, 1.54) is 0 Å². The molecule has 1 aromatic carbocycles. The van der Waals surface area contributed by atoms with Crippen LogP contribution in [0.25, 0.3) is 0 Å². The molecule has 1 N–H and O–H groups in total. The van der Waals surface area contributed by atoms with Gasteiger partial charge < -0.3 is 10.2 Å². The molecule has 1 aliphatic heterocycles. The molecule has 130 valence electrons. The summed E-state index contributed by atoms with van der Waals surface area (Å²) in [5.74, 6) is -0.00278. The fourth-order valence-electron chi connectivity index (χ4n) is 2.49. The van der Waals surface area contributed by atoms with Crippen LogP contribution in [-0.2, 0) is 20.8 Å². The van der Waals surface area contributed by atoms with Crippen LogP contribution in [0.15, 0.2) is 24.3 Å². The Balaban J connectivity index is 1.76. The highest BCUT2D eigenvalue weighted by atomic mass is 32.2. The largest absolute Gasteiger partial charge is 0.348 e. The summed E-state index contributed by atoms with van der Waals surface area (Å²) in [7, 11) is 0. The molecule has 0 aromatic heterocycles. The monoisotopic (exact) mass is 348 g/mol. The first-order chi connectivity index (χ1) is 11.4. The number of anilines is 1. The molecule has 0 fully saturated rings. The van der Waals surface area contributed by atoms with Gasteiger partial charge in [-0.2, -0.15) is 0 Å². The molecule has 0 radical (unpaired) electrons. The van der Waals surface area contributed by atoms with Crippen molar-refractivity contribution in [2.75, 3.05) is 23.7 Å². The van der Waals surface area contributed by atoms with Crippen LogP contribution in [0, 0.1) is 11.8 Å². The number of fused-ring (bicyclic) bond motifs is 1. The van der Waals surface area contributed by atoms with Gasteiger partial charge >= 0.3 is 0 Å². The lowest BCUT2D eigenvalue weighted by molar-refractivity contribution is -0.127. The Bertz CT molecular complexity index is 630. The second-order valence-electron chi connectivity index (χ2n) is 6.34. The zero-order chi connectivity index (χ0) is 17.7. The van der Waals surface area contributed by atoms with E-state index >= 15 is 0 Å². The Hall–Kier alpha value is -1.82. The molecular weight excluding hydrogens is 324 g/mol. The zero-order valence-corrected chi connectivity index (χ0v) is 15.2. The number of para-hydroxylation sites is 1. The Morgan fingerprint density at radius 3 is 2.62 bits per heavy atom. The van der Waals surface area contributed by atoms with Crippen LogP contribution in [0.5, 0.6) is 0 Å². The maximum absolute atomic E-state index is 12.3. The van der Waals surface area contributed by atoms with Crippen LogP contribution in [0.2, 0.25) is 0 Å². The lowest BCUT2D eigenvalue weighted by Gasteiger charge is -2.17. The average Bonchev–Trinajstić information content (AvgIpc) is 3.00. The van der Waals surface area contributed by atoms with Crippen molar-refractivity contribution >= 4 is 34.4 Å². The van der Waals surface area contributed by atoms with Gasteiger partial charge in [-0.1, -0.05) is 50.7 Å². The summed E-state index contributed by atoms with van der Waals surface area (Å²) in [6.07, 6.45) is 0.851. The van der Waals surface area contributed by atoms with Crippen LogP contribution in [-0.4, -0.2) is 35.8 Å². The minimum absolute atomic E-state index is 0.0373. The van der Waals surface area contributed by atoms with Gasteiger partial charge in [-0.25, -0.2) is 0 Å². The third kappa shape index (κ3) is 4.60. The number of carbonyl (C=O) groups excluding carboxylic acids is 3. The zero-order valence-electron chi connectivity index (χ0n) is 14.4. The van der Waals surface area contributed by atoms with Gasteiger partial charge in [0.15, 0.2) is 0 Å². The number of carbonyl (C=O) groups is 3. The number of thioether (sulfide) groups is 1. The van der Waals surface area contributed by atoms with E-state index < -0.39 is 0 Å². The summed E-state index contributed by atoms with van der Waals surface area (Å²) < 4.78 is 0. The van der Waals surface area contributed by atoms with Crippen molar-refractivity contribution in [3.05, 3.63) is 29.8 Å². The normalized spacial score (nSPS) is 14.4. The highest BCUT2D eigenvalue weighted by Gasteiger charge is 2.24. The van der Waals surface area contributed by atoms with E-state index in [-0.39, 0.29) is 41.1 Å². The van der Waals surface area contributed by atoms with Gasteiger partial charge in [0.2, 0.25) is 16.9 Å². The van der Waals surface area contributed by atoms with Gasteiger partial charge in [0, 0.05) is 18.2 Å². The van der Waals surface area contributed by atoms with Crippen molar-refractivity contribution < 1.29 is 14.4 Å². The van der Waals surface area contributed by atoms with E-state index in [1.54, 1.807) is 4.90 Å². The van der Waals surface area contributed by atoms with Gasteiger partial charge in [-0.15, -0.1) is 0 Å². The third-order valence-electron chi connectivity index (χ3n) is 4.37. The molecule has 5 nitrogen and oxygen atoms in total. The number of hydrogen-bond donors (Lipinski definition) is 1. The van der Waals surface area contributed by atoms with Crippen LogP contribution in [0.1, 0.15) is 26.3 Å². The topological polar surface area (TPSA) is 66.5 Å². The number of nitrogens with one attached hydrogen (secondary N) is 1. The molecule has 1 atom stereocenters. The highest BCUT2D eigenvalue weighted by molar-refractivity contribution is 8.14. The third-order valence-corrected chi connectivity index (χ3v) is 5.22. The van der Waals surface area contributed by atoms with Crippen LogP contribution >= 0.6 is 11.8 Å². The van der Waals surface area contributed by atoms with E-state index in [0.29, 0.717) is 6.54 Å². The standard InChI is InChI=1S/C18H24N2O3S/c1-12(2)13(3)18(23)19-10-17(22)24-11-16(21)20-9-8-14-6-4-5-7-15(14)20/h4-7,12-13H,8-11H2,1-3H3,(H,19,23)/t13-/m0/s1. The maximum atomic E-state index is 12.3. The van der Waals surface area contributed by atoms with Gasteiger partial charge in [-0.3, -0.25) is 14.4 Å². The first-order valence-electron chi connectivity index (χ1n) is 8.21. The first-order valence-corrected chi connectivity index (χ1v) is 9.20. The molecule has 0 spiro atoms. The Labute approximate surface area is 147 Å². The summed E-state index contributed by atoms with van der Waals surface area (Å²) in [6.45, 7) is 6.40. The second kappa shape index (κ2) is 8.33. The molecule has 1 aliphatic rings. The van der Waals surface area contributed by atoms with Crippen molar-refractivity contribution in [1.82, 2.24) is 5.32 Å². The molecule has 24 heavy (non-hydrogen) atoms. The molecule has 0 unspecified atom stereocenters. The minimum atomic E-state index is -0.194. The molecular formula is C18H24N2O3S. The van der Waals surface area contributed by atoms with Crippen molar-refractivity contribution in [2.24, 2.45) is 11.8 Å². The Morgan fingerprint density at radius 2 is 1.92 bits per heavy atom. The number of rotatable bonds is 6. The van der Waals surface area contributed by atoms with E-state index in [0.717, 1.165) is 29.4 Å². The van der Waals surface area contributed by atoms with Crippen molar-refractivity contribution in [1.29, 1.82) is 0 Å². The summed E-state index contributed by atoms with van der Waals surface area (Å²) >= 11 is 0.963. The lowest BCUT2D eigenvalue weighted by Crippen LogP contribution is -2.35. The van der Waals surface area contributed by atoms with E-state index in [9.17, 15) is 14.4 Å². The Morgan fingerprint density at radius 1 is 1.21 bits per heavy atom. The summed E-state index contributed by atoms with van der Waals surface area (Å²) in [5.41, 5.74) is 2.10. The average molecular weight is 348 g/mol. The maximum Gasteiger partial charge on any atom is 0.237 e. The van der Waals surface area contributed by atoms with Crippen molar-refractivity contribution in [3.8, 4) is 0 Å². The van der Waals surface area contributed by atoms with Gasteiger partial charge in [-0.05, 0) is 24.0 Å². The fourth-order valence-corrected chi connectivity index (χ4v) is 3.11. The number of benzene rings is 1. The minimum Gasteiger partial charge on any atom is -0.348 e. The first kappa shape index (κ1) is 18.5. The summed E-state index contributed by atoms with van der Waals surface area (Å²) in [5, 5.41) is 2.44. The molecule has 2 rings (SSSR count). The molecule has 2 amide bonds. The summed E-state index contributed by atoms with van der Waals surface area (Å²) in [6, 6.07) is 7.83. The lowest BCUT2D eigenvalue weighted by atomic mass is 9.97. The van der Waals surface area contributed by atoms with Crippen molar-refractivity contribution in [2.45, 2.75) is 27.2 Å². The van der Waals surface area contributed by atoms with Gasteiger partial charge in [0.1, 0.15) is 0 Å². The Kier molecular flexibility index (Phi) is 6.43. The molecule has 1 heterocycles. The fraction of sp³-hybridized carbons (Fsp3) is 0.500. The molecule has 1 aromatic rings. The number of nitrogens with zero attached hydrogens (tertiary/aromatic N) is 1. The molecule has 0 saturated heterocycles. The molecule has 0 saturated carbocycles.